The van der Waals surface area contributed by atoms with E-state index < -0.39 is 0 Å². The van der Waals surface area contributed by atoms with Crippen molar-refractivity contribution < 1.29 is 0 Å². The van der Waals surface area contributed by atoms with Crippen molar-refractivity contribution in [2.24, 2.45) is 0 Å². The zero-order chi connectivity index (χ0) is 8.71. The van der Waals surface area contributed by atoms with Crippen molar-refractivity contribution in [1.82, 2.24) is 0 Å². The van der Waals surface area contributed by atoms with Crippen LogP contribution in [-0.4, -0.2) is 23.9 Å². The van der Waals surface area contributed by atoms with Crippen LogP contribution in [0.1, 0.15) is 48.5 Å². The molecule has 1 heteroatoms. The molecule has 0 bridgehead atoms. The van der Waals surface area contributed by atoms with E-state index in [1.54, 1.807) is 6.08 Å². The maximum Gasteiger partial charge on any atom is 0 e. The Balaban J connectivity index is -0.0000000110. The summed E-state index contributed by atoms with van der Waals surface area (Å²) in [6.45, 7) is 17.2. The molecule has 0 spiro atoms. The van der Waals surface area contributed by atoms with Gasteiger partial charge in [-0.15, -0.1) is 6.58 Å². The summed E-state index contributed by atoms with van der Waals surface area (Å²) >= 11 is 0. The first-order valence-electron chi connectivity index (χ1n) is 3.99. The van der Waals surface area contributed by atoms with E-state index >= 15 is 0 Å². The fourth-order valence-electron chi connectivity index (χ4n) is 0. The third-order valence-electron chi connectivity index (χ3n) is 0. The molecule has 0 aliphatic rings. The molecule has 0 aliphatic heterocycles. The van der Waals surface area contributed by atoms with E-state index in [2.05, 4.69) is 6.58 Å². The molecule has 0 heterocycles. The van der Waals surface area contributed by atoms with Crippen molar-refractivity contribution in [1.29, 1.82) is 0 Å². The van der Waals surface area contributed by atoms with E-state index in [-0.39, 0.29) is 23.9 Å². The minimum absolute atomic E-state index is 0. The van der Waals surface area contributed by atoms with Gasteiger partial charge >= 0.3 is 0 Å². The summed E-state index contributed by atoms with van der Waals surface area (Å²) < 4.78 is 0. The van der Waals surface area contributed by atoms with Gasteiger partial charge in [0.15, 0.2) is 0 Å². The van der Waals surface area contributed by atoms with Crippen LogP contribution in [0, 0.1) is 0 Å². The Labute approximate surface area is 85.1 Å². The van der Waals surface area contributed by atoms with Gasteiger partial charge in [-0.2, -0.15) is 0 Å². The number of hydrogen-bond donors (Lipinski definition) is 0. The molecule has 0 amide bonds. The Bertz CT molecular complexity index is 12.2. The molecule has 10 heavy (non-hydrogen) atoms. The molecule has 0 atom stereocenters. The van der Waals surface area contributed by atoms with Crippen LogP contribution in [-0.2, 0) is 0 Å². The first-order valence-corrected chi connectivity index (χ1v) is 3.99. The van der Waals surface area contributed by atoms with E-state index in [0.717, 1.165) is 0 Å². The van der Waals surface area contributed by atoms with Crippen LogP contribution in [0.5, 0.6) is 0 Å². The molecule has 0 nitrogen and oxygen atoms in total. The second kappa shape index (κ2) is 294. The van der Waals surface area contributed by atoms with Crippen molar-refractivity contribution in [2.75, 3.05) is 0 Å². The van der Waals surface area contributed by atoms with Gasteiger partial charge in [0.1, 0.15) is 0 Å². The van der Waals surface area contributed by atoms with E-state index in [0.29, 0.717) is 0 Å². The van der Waals surface area contributed by atoms with E-state index in [1.807, 2.05) is 48.5 Å². The number of allylic oxidation sites excluding steroid dienone is 1. The Morgan fingerprint density at radius 3 is 0.800 bits per heavy atom. The SMILES string of the molecule is C=CC.CC.CC.CC.[Sn]. The standard InChI is InChI=1S/C3H6.3C2H6.Sn/c1-3-2;3*1-2;/h3H,1H2,2H3;3*1-2H3;. The minimum Gasteiger partial charge on any atom is -0.103 e. The molecule has 0 saturated carbocycles. The quantitative estimate of drug-likeness (QED) is 0.452. The van der Waals surface area contributed by atoms with E-state index in [1.165, 1.54) is 0 Å². The largest absolute Gasteiger partial charge is 0.103 e. The average molecular weight is 251 g/mol. The molecule has 0 saturated heterocycles. The van der Waals surface area contributed by atoms with Crippen LogP contribution >= 0.6 is 0 Å². The molecule has 0 fully saturated rings. The molecular weight excluding hydrogens is 227 g/mol. The molecule has 0 aromatic rings. The number of hydrogen-bond acceptors (Lipinski definition) is 0. The molecule has 0 N–H and O–H groups in total. The van der Waals surface area contributed by atoms with Gasteiger partial charge in [0.05, 0.1) is 0 Å². The summed E-state index contributed by atoms with van der Waals surface area (Å²) in [5, 5.41) is 0. The van der Waals surface area contributed by atoms with E-state index in [9.17, 15) is 0 Å². The minimum atomic E-state index is 0. The zero-order valence-corrected chi connectivity index (χ0v) is 11.6. The summed E-state index contributed by atoms with van der Waals surface area (Å²) in [6.07, 6.45) is 1.75. The molecule has 0 aromatic heterocycles. The van der Waals surface area contributed by atoms with Gasteiger partial charge in [-0.1, -0.05) is 47.6 Å². The second-order valence-corrected chi connectivity index (χ2v) is 0.408. The van der Waals surface area contributed by atoms with Gasteiger partial charge in [0.2, 0.25) is 0 Å². The topological polar surface area (TPSA) is 0 Å². The average Bonchev–Trinajstić information content (AvgIpc) is 2.01. The maximum absolute atomic E-state index is 3.36. The third kappa shape index (κ3) is 1670. The monoisotopic (exact) mass is 252 g/mol. The van der Waals surface area contributed by atoms with Crippen molar-refractivity contribution in [3.8, 4) is 0 Å². The predicted molar refractivity (Wildman–Crippen MR) is 55.7 cm³/mol. The third-order valence-corrected chi connectivity index (χ3v) is 0. The van der Waals surface area contributed by atoms with Crippen LogP contribution in [0.25, 0.3) is 0 Å². The van der Waals surface area contributed by atoms with Gasteiger partial charge in [-0.05, 0) is 6.92 Å². The van der Waals surface area contributed by atoms with Crippen LogP contribution in [0.15, 0.2) is 12.7 Å². The van der Waals surface area contributed by atoms with Crippen molar-refractivity contribution in [2.45, 2.75) is 48.5 Å². The van der Waals surface area contributed by atoms with E-state index in [4.69, 9.17) is 0 Å². The first kappa shape index (κ1) is 31.3. The maximum atomic E-state index is 3.36. The molecule has 0 rings (SSSR count). The first-order chi connectivity index (χ1) is 4.41. The summed E-state index contributed by atoms with van der Waals surface area (Å²) in [6, 6.07) is 0. The van der Waals surface area contributed by atoms with Crippen molar-refractivity contribution in [3.05, 3.63) is 12.7 Å². The number of rotatable bonds is 0. The summed E-state index contributed by atoms with van der Waals surface area (Å²) in [7, 11) is 0. The Kier molecular flexibility index (Phi) is 918. The normalized spacial score (nSPS) is 3.10. The second-order valence-electron chi connectivity index (χ2n) is 0.408. The molecule has 4 radical (unpaired) electrons. The summed E-state index contributed by atoms with van der Waals surface area (Å²) in [4.78, 5) is 0. The molecule has 0 unspecified atom stereocenters. The van der Waals surface area contributed by atoms with Crippen LogP contribution in [0.2, 0.25) is 0 Å². The van der Waals surface area contributed by atoms with Gasteiger partial charge < -0.3 is 0 Å². The van der Waals surface area contributed by atoms with Crippen LogP contribution in [0.3, 0.4) is 0 Å². The Hall–Kier alpha value is 0.539. The van der Waals surface area contributed by atoms with Gasteiger partial charge in [-0.3, -0.25) is 0 Å². The molecular formula is C9H24Sn. The summed E-state index contributed by atoms with van der Waals surface area (Å²) in [5.74, 6) is 0. The van der Waals surface area contributed by atoms with Gasteiger partial charge in [0, 0.05) is 23.9 Å². The van der Waals surface area contributed by atoms with Crippen molar-refractivity contribution in [3.63, 3.8) is 0 Å². The van der Waals surface area contributed by atoms with Gasteiger partial charge in [0.25, 0.3) is 0 Å². The Morgan fingerprint density at radius 1 is 0.800 bits per heavy atom. The predicted octanol–water partition coefficient (Wildman–Crippen LogP) is 3.89. The Morgan fingerprint density at radius 2 is 0.800 bits per heavy atom. The molecule has 0 aliphatic carbocycles. The summed E-state index contributed by atoms with van der Waals surface area (Å²) in [5.41, 5.74) is 0. The molecule has 64 valence electrons. The fraction of sp³-hybridized carbons (Fsp3) is 0.778. The van der Waals surface area contributed by atoms with Crippen molar-refractivity contribution >= 4 is 23.9 Å². The van der Waals surface area contributed by atoms with Crippen LogP contribution in [0.4, 0.5) is 0 Å². The molecule has 0 aromatic carbocycles. The zero-order valence-electron chi connectivity index (χ0n) is 8.78. The fourth-order valence-corrected chi connectivity index (χ4v) is 0. The van der Waals surface area contributed by atoms with Gasteiger partial charge in [-0.25, -0.2) is 0 Å². The van der Waals surface area contributed by atoms with Crippen LogP contribution < -0.4 is 0 Å². The smallest absolute Gasteiger partial charge is 0 e.